The standard InChI is InChI=1S/C31H33N3O5/c1-37-31(38-2,27-20-26(35)22-34(27)29(36)21-28-32-18-19-33-28)39-30(23-12-6-3-7-13-23,24-14-8-4-9-15-24)25-16-10-5-11-17-25/h3-19,26-27,35H,20-22H2,1-2H3,(H,32,33). The van der Waals surface area contributed by atoms with Crippen LogP contribution in [-0.2, 0) is 31.0 Å². The van der Waals surface area contributed by atoms with Gasteiger partial charge in [0.05, 0.1) is 12.5 Å². The second-order valence-electron chi connectivity index (χ2n) is 9.56. The van der Waals surface area contributed by atoms with Crippen molar-refractivity contribution in [1.82, 2.24) is 14.9 Å². The Morgan fingerprint density at radius 3 is 1.87 bits per heavy atom. The molecule has 202 valence electrons. The van der Waals surface area contributed by atoms with Crippen molar-refractivity contribution >= 4 is 5.91 Å². The van der Waals surface area contributed by atoms with Crippen LogP contribution in [0.5, 0.6) is 0 Å². The van der Waals surface area contributed by atoms with E-state index in [9.17, 15) is 9.90 Å². The normalized spacial score (nSPS) is 17.9. The van der Waals surface area contributed by atoms with Crippen LogP contribution in [0, 0.1) is 0 Å². The molecule has 3 aromatic carbocycles. The van der Waals surface area contributed by atoms with Crippen LogP contribution >= 0.6 is 0 Å². The zero-order valence-electron chi connectivity index (χ0n) is 22.1. The fraction of sp³-hybridized carbons (Fsp3) is 0.290. The zero-order valence-corrected chi connectivity index (χ0v) is 22.1. The molecule has 0 radical (unpaired) electrons. The fourth-order valence-corrected chi connectivity index (χ4v) is 5.48. The van der Waals surface area contributed by atoms with Crippen molar-refractivity contribution in [1.29, 1.82) is 0 Å². The number of β-amino-alcohol motifs (C(OH)–C–C–N with tert-alkyl or cyclic N) is 1. The number of amides is 1. The topological polar surface area (TPSA) is 96.9 Å². The number of aromatic amines is 1. The summed E-state index contributed by atoms with van der Waals surface area (Å²) in [4.78, 5) is 22.3. The average Bonchev–Trinajstić information content (AvgIpc) is 3.65. The lowest BCUT2D eigenvalue weighted by atomic mass is 9.80. The molecule has 1 saturated heterocycles. The predicted octanol–water partition coefficient (Wildman–Crippen LogP) is 3.87. The molecule has 0 saturated carbocycles. The molecule has 2 unspecified atom stereocenters. The van der Waals surface area contributed by atoms with Gasteiger partial charge >= 0.3 is 5.97 Å². The molecule has 39 heavy (non-hydrogen) atoms. The minimum absolute atomic E-state index is 0.0426. The number of nitrogens with zero attached hydrogens (tertiary/aromatic N) is 2. The number of imidazole rings is 1. The minimum Gasteiger partial charge on any atom is -0.391 e. The van der Waals surface area contributed by atoms with Crippen molar-refractivity contribution in [3.8, 4) is 0 Å². The van der Waals surface area contributed by atoms with Crippen molar-refractivity contribution in [3.05, 3.63) is 126 Å². The first-order chi connectivity index (χ1) is 19.0. The van der Waals surface area contributed by atoms with E-state index in [2.05, 4.69) is 9.97 Å². The van der Waals surface area contributed by atoms with Gasteiger partial charge in [-0.25, -0.2) is 4.98 Å². The first kappa shape index (κ1) is 26.8. The maximum atomic E-state index is 13.5. The van der Waals surface area contributed by atoms with Crippen LogP contribution < -0.4 is 0 Å². The Morgan fingerprint density at radius 2 is 1.44 bits per heavy atom. The van der Waals surface area contributed by atoms with E-state index in [0.717, 1.165) is 16.7 Å². The molecule has 5 rings (SSSR count). The van der Waals surface area contributed by atoms with Gasteiger partial charge in [-0.2, -0.15) is 0 Å². The molecule has 2 N–H and O–H groups in total. The maximum Gasteiger partial charge on any atom is 0.305 e. The van der Waals surface area contributed by atoms with Crippen molar-refractivity contribution in [3.63, 3.8) is 0 Å². The lowest BCUT2D eigenvalue weighted by Crippen LogP contribution is -2.59. The molecular formula is C31H33N3O5. The van der Waals surface area contributed by atoms with E-state index in [1.54, 1.807) is 17.3 Å². The molecule has 1 aromatic heterocycles. The fourth-order valence-electron chi connectivity index (χ4n) is 5.48. The molecule has 1 amide bonds. The van der Waals surface area contributed by atoms with E-state index >= 15 is 0 Å². The van der Waals surface area contributed by atoms with Crippen LogP contribution in [0.2, 0.25) is 0 Å². The summed E-state index contributed by atoms with van der Waals surface area (Å²) in [5.41, 5.74) is 1.38. The third-order valence-corrected chi connectivity index (χ3v) is 7.29. The van der Waals surface area contributed by atoms with Crippen LogP contribution in [0.15, 0.2) is 103 Å². The second-order valence-corrected chi connectivity index (χ2v) is 9.56. The molecule has 8 heteroatoms. The Hall–Kier alpha value is -3.82. The van der Waals surface area contributed by atoms with Gasteiger partial charge in [0.1, 0.15) is 17.5 Å². The number of carbonyl (C=O) groups excluding carboxylic acids is 1. The quantitative estimate of drug-likeness (QED) is 0.240. The summed E-state index contributed by atoms with van der Waals surface area (Å²) >= 11 is 0. The Balaban J connectivity index is 1.65. The summed E-state index contributed by atoms with van der Waals surface area (Å²) in [5, 5.41) is 10.8. The summed E-state index contributed by atoms with van der Waals surface area (Å²) < 4.78 is 19.3. The minimum atomic E-state index is -1.74. The first-order valence-corrected chi connectivity index (χ1v) is 12.9. The number of likely N-dealkylation sites (tertiary alicyclic amines) is 1. The van der Waals surface area contributed by atoms with Crippen molar-refractivity contribution < 1.29 is 24.1 Å². The molecule has 0 aliphatic carbocycles. The lowest BCUT2D eigenvalue weighted by Gasteiger charge is -2.47. The van der Waals surface area contributed by atoms with Gasteiger partial charge in [-0.1, -0.05) is 91.0 Å². The van der Waals surface area contributed by atoms with Gasteiger partial charge in [0.15, 0.2) is 0 Å². The Bertz CT molecular complexity index is 1230. The highest BCUT2D eigenvalue weighted by molar-refractivity contribution is 5.78. The first-order valence-electron chi connectivity index (χ1n) is 12.9. The van der Waals surface area contributed by atoms with E-state index in [-0.39, 0.29) is 25.3 Å². The number of rotatable bonds is 10. The predicted molar refractivity (Wildman–Crippen MR) is 145 cm³/mol. The molecule has 2 heterocycles. The molecule has 8 nitrogen and oxygen atoms in total. The van der Waals surface area contributed by atoms with Crippen molar-refractivity contribution in [2.75, 3.05) is 20.8 Å². The van der Waals surface area contributed by atoms with Gasteiger partial charge in [0.2, 0.25) is 5.91 Å². The van der Waals surface area contributed by atoms with Gasteiger partial charge in [0.25, 0.3) is 0 Å². The van der Waals surface area contributed by atoms with Crippen LogP contribution in [0.3, 0.4) is 0 Å². The Kier molecular flexibility index (Phi) is 7.90. The smallest absolute Gasteiger partial charge is 0.305 e. The van der Waals surface area contributed by atoms with Gasteiger partial charge in [-0.05, 0) is 16.7 Å². The summed E-state index contributed by atoms with van der Waals surface area (Å²) in [7, 11) is 2.99. The highest BCUT2D eigenvalue weighted by Crippen LogP contribution is 2.46. The van der Waals surface area contributed by atoms with E-state index < -0.39 is 23.7 Å². The highest BCUT2D eigenvalue weighted by Gasteiger charge is 2.56. The van der Waals surface area contributed by atoms with Crippen LogP contribution in [0.1, 0.15) is 28.9 Å². The highest BCUT2D eigenvalue weighted by atomic mass is 16.9. The number of benzene rings is 3. The number of ether oxygens (including phenoxy) is 3. The van der Waals surface area contributed by atoms with Crippen LogP contribution in [0.4, 0.5) is 0 Å². The summed E-state index contributed by atoms with van der Waals surface area (Å²) in [5.74, 6) is -1.43. The monoisotopic (exact) mass is 527 g/mol. The van der Waals surface area contributed by atoms with Gasteiger partial charge in [0, 0.05) is 39.6 Å². The zero-order chi connectivity index (χ0) is 27.3. The van der Waals surface area contributed by atoms with Gasteiger partial charge in [-0.15, -0.1) is 0 Å². The molecule has 0 bridgehead atoms. The van der Waals surface area contributed by atoms with E-state index in [0.29, 0.717) is 5.82 Å². The number of H-pyrrole nitrogens is 1. The number of aliphatic hydroxyl groups is 1. The van der Waals surface area contributed by atoms with Crippen molar-refractivity contribution in [2.45, 2.75) is 36.6 Å². The number of aliphatic hydroxyl groups excluding tert-OH is 1. The van der Waals surface area contributed by atoms with Gasteiger partial charge < -0.3 is 29.2 Å². The summed E-state index contributed by atoms with van der Waals surface area (Å²) in [6.07, 6.45) is 2.75. The molecule has 2 atom stereocenters. The third kappa shape index (κ3) is 5.12. The molecule has 1 aliphatic rings. The molecule has 0 spiro atoms. The number of carbonyl (C=O) groups is 1. The second kappa shape index (κ2) is 11.5. The SMILES string of the molecule is COC(OC)(OC(c1ccccc1)(c1ccccc1)c1ccccc1)C1CC(O)CN1C(=O)Cc1ncc[nH]1. The maximum absolute atomic E-state index is 13.5. The van der Waals surface area contributed by atoms with Crippen LogP contribution in [0.25, 0.3) is 0 Å². The number of hydrogen-bond acceptors (Lipinski definition) is 6. The average molecular weight is 528 g/mol. The molecule has 1 aliphatic heterocycles. The largest absolute Gasteiger partial charge is 0.391 e. The number of hydrogen-bond donors (Lipinski definition) is 2. The van der Waals surface area contributed by atoms with E-state index in [1.807, 2.05) is 91.0 Å². The number of methoxy groups -OCH3 is 2. The number of aromatic nitrogens is 2. The van der Waals surface area contributed by atoms with Crippen LogP contribution in [-0.4, -0.2) is 64.8 Å². The molecule has 4 aromatic rings. The third-order valence-electron chi connectivity index (χ3n) is 7.29. The molecular weight excluding hydrogens is 494 g/mol. The van der Waals surface area contributed by atoms with E-state index in [4.69, 9.17) is 14.2 Å². The van der Waals surface area contributed by atoms with E-state index in [1.165, 1.54) is 14.2 Å². The van der Waals surface area contributed by atoms with Gasteiger partial charge in [-0.3, -0.25) is 4.79 Å². The molecule has 1 fully saturated rings. The Labute approximate surface area is 228 Å². The van der Waals surface area contributed by atoms with Crippen molar-refractivity contribution in [2.24, 2.45) is 0 Å². The lowest BCUT2D eigenvalue weighted by molar-refractivity contribution is -0.405. The number of nitrogens with one attached hydrogen (secondary N) is 1. The summed E-state index contributed by atoms with van der Waals surface area (Å²) in [6, 6.07) is 28.8. The summed E-state index contributed by atoms with van der Waals surface area (Å²) in [6.45, 7) is 0.122. The Morgan fingerprint density at radius 1 is 0.923 bits per heavy atom.